The highest BCUT2D eigenvalue weighted by atomic mass is 35.5. The van der Waals surface area contributed by atoms with E-state index in [9.17, 15) is 4.79 Å². The molecule has 3 heteroatoms. The van der Waals surface area contributed by atoms with Crippen LogP contribution in [0.1, 0.15) is 21.5 Å². The van der Waals surface area contributed by atoms with Crippen LogP contribution >= 0.6 is 11.6 Å². The van der Waals surface area contributed by atoms with Crippen LogP contribution in [0.4, 0.5) is 5.69 Å². The Morgan fingerprint density at radius 3 is 2.24 bits per heavy atom. The van der Waals surface area contributed by atoms with Crippen molar-refractivity contribution in [3.63, 3.8) is 0 Å². The monoisotopic (exact) mass is 345 g/mol. The van der Waals surface area contributed by atoms with E-state index in [1.54, 1.807) is 4.90 Å². The predicted octanol–water partition coefficient (Wildman–Crippen LogP) is 5.54. The van der Waals surface area contributed by atoms with E-state index in [2.05, 4.69) is 18.2 Å². The normalized spacial score (nSPS) is 13.9. The molecule has 0 spiro atoms. The number of halogens is 1. The zero-order valence-electron chi connectivity index (χ0n) is 13.5. The summed E-state index contributed by atoms with van der Waals surface area (Å²) in [4.78, 5) is 15.0. The maximum atomic E-state index is 13.2. The topological polar surface area (TPSA) is 20.3 Å². The highest BCUT2D eigenvalue weighted by Gasteiger charge is 2.24. The van der Waals surface area contributed by atoms with E-state index in [0.29, 0.717) is 17.1 Å². The molecule has 4 rings (SSSR count). The lowest BCUT2D eigenvalue weighted by molar-refractivity contribution is 0.0990. The molecule has 1 amide bonds. The van der Waals surface area contributed by atoms with E-state index in [1.165, 1.54) is 0 Å². The Bertz CT molecular complexity index is 945. The molecule has 0 atom stereocenters. The first-order valence-corrected chi connectivity index (χ1v) is 8.52. The summed E-state index contributed by atoms with van der Waals surface area (Å²) in [5.41, 5.74) is 4.72. The summed E-state index contributed by atoms with van der Waals surface area (Å²) < 4.78 is 0. The third-order valence-corrected chi connectivity index (χ3v) is 4.63. The number of hydrogen-bond donors (Lipinski definition) is 0. The van der Waals surface area contributed by atoms with Crippen LogP contribution < -0.4 is 4.90 Å². The molecule has 0 fully saturated rings. The Hall–Kier alpha value is -2.84. The van der Waals surface area contributed by atoms with Gasteiger partial charge in [-0.05, 0) is 53.1 Å². The van der Waals surface area contributed by atoms with Crippen LogP contribution in [0.2, 0.25) is 5.02 Å². The molecule has 0 N–H and O–H groups in total. The first-order valence-electron chi connectivity index (χ1n) is 8.15. The number of amides is 1. The molecule has 0 saturated carbocycles. The molecule has 3 aromatic rings. The first kappa shape index (κ1) is 15.7. The van der Waals surface area contributed by atoms with Crippen LogP contribution in [0.25, 0.3) is 11.6 Å². The average molecular weight is 346 g/mol. The number of rotatable bonds is 2. The zero-order valence-corrected chi connectivity index (χ0v) is 14.3. The lowest BCUT2D eigenvalue weighted by Gasteiger charge is -2.23. The van der Waals surface area contributed by atoms with Crippen molar-refractivity contribution in [2.45, 2.75) is 0 Å². The molecule has 0 saturated heterocycles. The van der Waals surface area contributed by atoms with Crippen LogP contribution in [0.15, 0.2) is 78.9 Å². The Balaban J connectivity index is 1.86. The molecule has 0 radical (unpaired) electrons. The van der Waals surface area contributed by atoms with Gasteiger partial charge in [0, 0.05) is 16.3 Å². The molecule has 1 aliphatic heterocycles. The number of benzene rings is 3. The van der Waals surface area contributed by atoms with Crippen molar-refractivity contribution >= 4 is 34.8 Å². The lowest BCUT2D eigenvalue weighted by atomic mass is 10.0. The number of carbonyl (C=O) groups excluding carboxylic acids is 1. The number of anilines is 1. The minimum Gasteiger partial charge on any atom is -0.304 e. The fourth-order valence-electron chi connectivity index (χ4n) is 3.09. The van der Waals surface area contributed by atoms with Gasteiger partial charge in [0.15, 0.2) is 0 Å². The third kappa shape index (κ3) is 3.09. The van der Waals surface area contributed by atoms with Gasteiger partial charge in [0.1, 0.15) is 0 Å². The van der Waals surface area contributed by atoms with Gasteiger partial charge in [-0.15, -0.1) is 0 Å². The second-order valence-corrected chi connectivity index (χ2v) is 6.43. The zero-order chi connectivity index (χ0) is 17.2. The minimum absolute atomic E-state index is 0.0000959. The van der Waals surface area contributed by atoms with E-state index in [-0.39, 0.29) is 5.91 Å². The summed E-state index contributed by atoms with van der Waals surface area (Å²) in [5, 5.41) is 0.658. The Morgan fingerprint density at radius 1 is 0.800 bits per heavy atom. The smallest absolute Gasteiger partial charge is 0.259 e. The molecule has 1 aliphatic rings. The molecule has 2 nitrogen and oxygen atoms in total. The van der Waals surface area contributed by atoms with E-state index in [1.807, 2.05) is 66.7 Å². The van der Waals surface area contributed by atoms with Crippen LogP contribution in [0.3, 0.4) is 0 Å². The molecule has 25 heavy (non-hydrogen) atoms. The maximum absolute atomic E-state index is 13.2. The summed E-state index contributed by atoms with van der Waals surface area (Å²) in [5.74, 6) is 0.0000959. The lowest BCUT2D eigenvalue weighted by Crippen LogP contribution is -2.31. The summed E-state index contributed by atoms with van der Waals surface area (Å²) in [6.07, 6.45) is 2.11. The van der Waals surface area contributed by atoms with Crippen molar-refractivity contribution in [3.8, 4) is 0 Å². The largest absolute Gasteiger partial charge is 0.304 e. The van der Waals surface area contributed by atoms with Crippen LogP contribution in [0.5, 0.6) is 0 Å². The van der Waals surface area contributed by atoms with Crippen molar-refractivity contribution in [2.24, 2.45) is 0 Å². The number of hydrogen-bond acceptors (Lipinski definition) is 1. The van der Waals surface area contributed by atoms with Gasteiger partial charge in [-0.25, -0.2) is 0 Å². The average Bonchev–Trinajstić information content (AvgIpc) is 2.80. The van der Waals surface area contributed by atoms with Gasteiger partial charge in [-0.1, -0.05) is 60.1 Å². The number of fused-ring (bicyclic) bond motifs is 1. The highest BCUT2D eigenvalue weighted by Crippen LogP contribution is 2.30. The minimum atomic E-state index is 0.0000959. The Kier molecular flexibility index (Phi) is 4.12. The maximum Gasteiger partial charge on any atom is 0.259 e. The summed E-state index contributed by atoms with van der Waals surface area (Å²) >= 11 is 6.01. The second kappa shape index (κ2) is 6.58. The number of carbonyl (C=O) groups is 1. The molecule has 0 aliphatic carbocycles. The molecule has 0 bridgehead atoms. The van der Waals surface area contributed by atoms with Crippen molar-refractivity contribution in [1.82, 2.24) is 0 Å². The van der Waals surface area contributed by atoms with Crippen molar-refractivity contribution in [1.29, 1.82) is 0 Å². The predicted molar refractivity (Wildman–Crippen MR) is 104 cm³/mol. The quantitative estimate of drug-likeness (QED) is 0.597. The molecule has 1 heterocycles. The highest BCUT2D eigenvalue weighted by molar-refractivity contribution is 6.30. The van der Waals surface area contributed by atoms with Crippen LogP contribution in [-0.2, 0) is 0 Å². The van der Waals surface area contributed by atoms with E-state index in [0.717, 1.165) is 22.4 Å². The fraction of sp³-hybridized carbons (Fsp3) is 0.0455. The summed E-state index contributed by atoms with van der Waals surface area (Å²) in [6, 6.07) is 25.3. The Labute approximate surface area is 152 Å². The van der Waals surface area contributed by atoms with Crippen LogP contribution in [-0.4, -0.2) is 12.5 Å². The van der Waals surface area contributed by atoms with Crippen molar-refractivity contribution < 1.29 is 4.79 Å². The van der Waals surface area contributed by atoms with Gasteiger partial charge in [0.2, 0.25) is 0 Å². The third-order valence-electron chi connectivity index (χ3n) is 4.38. The SMILES string of the molecule is O=C1c2ccccc2C=C(c2ccccc2)CN1c1ccc(Cl)cc1. The van der Waals surface area contributed by atoms with Crippen LogP contribution in [0, 0.1) is 0 Å². The molecule has 0 unspecified atom stereocenters. The first-order chi connectivity index (χ1) is 12.2. The van der Waals surface area contributed by atoms with Gasteiger partial charge in [0.25, 0.3) is 5.91 Å². The van der Waals surface area contributed by atoms with Crippen molar-refractivity contribution in [3.05, 3.63) is 101 Å². The van der Waals surface area contributed by atoms with Crippen molar-refractivity contribution in [2.75, 3.05) is 11.4 Å². The second-order valence-electron chi connectivity index (χ2n) is 5.99. The molecule has 0 aromatic heterocycles. The Morgan fingerprint density at radius 2 is 1.48 bits per heavy atom. The van der Waals surface area contributed by atoms with Gasteiger partial charge < -0.3 is 4.90 Å². The van der Waals surface area contributed by atoms with Gasteiger partial charge in [-0.2, -0.15) is 0 Å². The van der Waals surface area contributed by atoms with Gasteiger partial charge >= 0.3 is 0 Å². The standard InChI is InChI=1S/C22H16ClNO/c23-19-10-12-20(13-11-19)24-15-18(16-6-2-1-3-7-16)14-17-8-4-5-9-21(17)22(24)25/h1-14H,15H2. The van der Waals surface area contributed by atoms with E-state index < -0.39 is 0 Å². The molecular weight excluding hydrogens is 330 g/mol. The molecular formula is C22H16ClNO. The van der Waals surface area contributed by atoms with Gasteiger partial charge in [-0.3, -0.25) is 4.79 Å². The van der Waals surface area contributed by atoms with E-state index >= 15 is 0 Å². The summed E-state index contributed by atoms with van der Waals surface area (Å²) in [7, 11) is 0. The van der Waals surface area contributed by atoms with E-state index in [4.69, 9.17) is 11.6 Å². The number of nitrogens with zero attached hydrogens (tertiary/aromatic N) is 1. The summed E-state index contributed by atoms with van der Waals surface area (Å²) in [6.45, 7) is 0.513. The fourth-order valence-corrected chi connectivity index (χ4v) is 3.22. The molecule has 122 valence electrons. The van der Waals surface area contributed by atoms with Gasteiger partial charge in [0.05, 0.1) is 6.54 Å². The molecule has 3 aromatic carbocycles.